The van der Waals surface area contributed by atoms with E-state index < -0.39 is 41.6 Å². The average molecular weight is 515 g/mol. The molecule has 3 aliphatic rings. The second kappa shape index (κ2) is 9.81. The van der Waals surface area contributed by atoms with E-state index in [1.165, 1.54) is 4.90 Å². The molecule has 9 heteroatoms. The SMILES string of the molecule is C=CCN(C(=O)C1N([C@H](C)CO)C(=O)[C@@H]2[C@@H](C(=O)OCC)[C@@H]3OC12CC3Br)C(C)CCC. The molecule has 2 amide bonds. The highest BCUT2D eigenvalue weighted by Gasteiger charge is 2.77. The van der Waals surface area contributed by atoms with Gasteiger partial charge in [-0.1, -0.05) is 35.4 Å². The molecule has 0 aromatic heterocycles. The lowest BCUT2D eigenvalue weighted by atomic mass is 9.70. The number of nitrogens with zero attached hydrogens (tertiary/aromatic N) is 2. The first-order chi connectivity index (χ1) is 15.2. The van der Waals surface area contributed by atoms with Crippen LogP contribution in [0.2, 0.25) is 0 Å². The minimum Gasteiger partial charge on any atom is -0.466 e. The van der Waals surface area contributed by atoms with Crippen molar-refractivity contribution in [2.75, 3.05) is 19.8 Å². The molecule has 1 N–H and O–H groups in total. The van der Waals surface area contributed by atoms with Crippen LogP contribution in [0.1, 0.15) is 47.0 Å². The first-order valence-corrected chi connectivity index (χ1v) is 12.4. The number of hydrogen-bond donors (Lipinski definition) is 1. The summed E-state index contributed by atoms with van der Waals surface area (Å²) in [5.41, 5.74) is -1.14. The van der Waals surface area contributed by atoms with Crippen molar-refractivity contribution in [3.63, 3.8) is 0 Å². The van der Waals surface area contributed by atoms with Gasteiger partial charge < -0.3 is 24.4 Å². The van der Waals surface area contributed by atoms with Gasteiger partial charge in [-0.15, -0.1) is 6.58 Å². The van der Waals surface area contributed by atoms with Gasteiger partial charge in [-0.2, -0.15) is 0 Å². The summed E-state index contributed by atoms with van der Waals surface area (Å²) in [5, 5.41) is 9.91. The number of rotatable bonds is 10. The summed E-state index contributed by atoms with van der Waals surface area (Å²) in [6.07, 6.45) is 3.29. The van der Waals surface area contributed by atoms with Crippen LogP contribution in [-0.2, 0) is 23.9 Å². The van der Waals surface area contributed by atoms with Gasteiger partial charge in [0.1, 0.15) is 11.6 Å². The third kappa shape index (κ3) is 3.80. The Morgan fingerprint density at radius 2 is 2.12 bits per heavy atom. The predicted molar refractivity (Wildman–Crippen MR) is 122 cm³/mol. The van der Waals surface area contributed by atoms with Crippen molar-refractivity contribution in [3.05, 3.63) is 12.7 Å². The molecule has 32 heavy (non-hydrogen) atoms. The van der Waals surface area contributed by atoms with Crippen LogP contribution in [0.3, 0.4) is 0 Å². The Labute approximate surface area is 198 Å². The van der Waals surface area contributed by atoms with Gasteiger partial charge in [0.05, 0.1) is 37.2 Å². The Morgan fingerprint density at radius 1 is 1.44 bits per heavy atom. The van der Waals surface area contributed by atoms with Crippen molar-refractivity contribution in [1.82, 2.24) is 9.80 Å². The molecule has 0 aromatic rings. The molecular weight excluding hydrogens is 480 g/mol. The molecule has 0 aliphatic carbocycles. The topological polar surface area (TPSA) is 96.4 Å². The molecule has 180 valence electrons. The second-order valence-corrected chi connectivity index (χ2v) is 10.3. The lowest BCUT2D eigenvalue weighted by Gasteiger charge is -2.40. The molecule has 8 nitrogen and oxygen atoms in total. The van der Waals surface area contributed by atoms with E-state index in [0.29, 0.717) is 13.0 Å². The monoisotopic (exact) mass is 514 g/mol. The predicted octanol–water partition coefficient (Wildman–Crippen LogP) is 1.88. The number of likely N-dealkylation sites (tertiary alicyclic amines) is 1. The maximum absolute atomic E-state index is 14.1. The first-order valence-electron chi connectivity index (χ1n) is 11.5. The van der Waals surface area contributed by atoms with Crippen LogP contribution >= 0.6 is 15.9 Å². The number of aliphatic hydroxyl groups is 1. The summed E-state index contributed by atoms with van der Waals surface area (Å²) >= 11 is 3.63. The van der Waals surface area contributed by atoms with E-state index in [1.807, 2.05) is 6.92 Å². The van der Waals surface area contributed by atoms with Gasteiger partial charge in [0.2, 0.25) is 11.8 Å². The van der Waals surface area contributed by atoms with Gasteiger partial charge in [0.15, 0.2) is 0 Å². The van der Waals surface area contributed by atoms with Crippen molar-refractivity contribution in [1.29, 1.82) is 0 Å². The number of carbonyl (C=O) groups is 3. The molecule has 3 heterocycles. The molecule has 3 aliphatic heterocycles. The van der Waals surface area contributed by atoms with Gasteiger partial charge in [-0.05, 0) is 33.6 Å². The summed E-state index contributed by atoms with van der Waals surface area (Å²) in [6, 6.07) is -1.57. The highest BCUT2D eigenvalue weighted by Crippen LogP contribution is 2.60. The zero-order chi connectivity index (χ0) is 23.8. The van der Waals surface area contributed by atoms with Crippen molar-refractivity contribution >= 4 is 33.7 Å². The summed E-state index contributed by atoms with van der Waals surface area (Å²) < 4.78 is 11.7. The minimum absolute atomic E-state index is 0.0541. The molecular formula is C23H35BrN2O6. The molecule has 3 fully saturated rings. The summed E-state index contributed by atoms with van der Waals surface area (Å²) in [4.78, 5) is 43.6. The summed E-state index contributed by atoms with van der Waals surface area (Å²) in [7, 11) is 0. The molecule has 4 unspecified atom stereocenters. The molecule has 2 bridgehead atoms. The van der Waals surface area contributed by atoms with Crippen molar-refractivity contribution in [2.24, 2.45) is 11.8 Å². The van der Waals surface area contributed by atoms with Crippen LogP contribution in [0.25, 0.3) is 0 Å². The van der Waals surface area contributed by atoms with E-state index in [2.05, 4.69) is 29.4 Å². The Hall–Kier alpha value is -1.45. The molecule has 0 saturated carbocycles. The van der Waals surface area contributed by atoms with Crippen LogP contribution in [0, 0.1) is 11.8 Å². The maximum atomic E-state index is 14.1. The molecule has 0 aromatic carbocycles. The maximum Gasteiger partial charge on any atom is 0.312 e. The van der Waals surface area contributed by atoms with E-state index >= 15 is 0 Å². The number of hydrogen-bond acceptors (Lipinski definition) is 6. The Morgan fingerprint density at radius 3 is 2.69 bits per heavy atom. The normalized spacial score (nSPS) is 34.9. The van der Waals surface area contributed by atoms with Gasteiger partial charge in [0.25, 0.3) is 0 Å². The third-order valence-corrected chi connectivity index (χ3v) is 7.95. The van der Waals surface area contributed by atoms with E-state index in [-0.39, 0.29) is 35.9 Å². The van der Waals surface area contributed by atoms with Crippen LogP contribution in [0.4, 0.5) is 0 Å². The zero-order valence-electron chi connectivity index (χ0n) is 19.3. The van der Waals surface area contributed by atoms with E-state index in [9.17, 15) is 19.5 Å². The number of esters is 1. The van der Waals surface area contributed by atoms with Crippen LogP contribution in [0.5, 0.6) is 0 Å². The van der Waals surface area contributed by atoms with E-state index in [1.54, 1.807) is 24.8 Å². The fourth-order valence-electron chi connectivity index (χ4n) is 5.77. The molecule has 0 radical (unpaired) electrons. The lowest BCUT2D eigenvalue weighted by Crippen LogP contribution is -2.59. The largest absolute Gasteiger partial charge is 0.466 e. The van der Waals surface area contributed by atoms with Crippen molar-refractivity contribution in [2.45, 2.75) is 81.6 Å². The Balaban J connectivity index is 2.09. The number of ether oxygens (including phenoxy) is 2. The third-order valence-electron chi connectivity index (χ3n) is 7.11. The summed E-state index contributed by atoms with van der Waals surface area (Å²) in [6.45, 7) is 11.5. The van der Waals surface area contributed by atoms with Crippen LogP contribution in [0.15, 0.2) is 12.7 Å². The van der Waals surface area contributed by atoms with Gasteiger partial charge in [0, 0.05) is 17.4 Å². The molecule has 1 spiro atoms. The number of amides is 2. The van der Waals surface area contributed by atoms with E-state index in [0.717, 1.165) is 12.8 Å². The number of carbonyl (C=O) groups excluding carboxylic acids is 3. The Bertz CT molecular complexity index is 763. The molecule has 3 saturated heterocycles. The fraction of sp³-hybridized carbons (Fsp3) is 0.783. The van der Waals surface area contributed by atoms with Gasteiger partial charge in [-0.3, -0.25) is 14.4 Å². The smallest absolute Gasteiger partial charge is 0.312 e. The first kappa shape index (κ1) is 25.2. The minimum atomic E-state index is -1.14. The second-order valence-electron chi connectivity index (χ2n) is 9.11. The van der Waals surface area contributed by atoms with Crippen molar-refractivity contribution in [3.8, 4) is 0 Å². The molecule has 8 atom stereocenters. The fourth-order valence-corrected chi connectivity index (χ4v) is 6.72. The zero-order valence-corrected chi connectivity index (χ0v) is 20.9. The lowest BCUT2D eigenvalue weighted by molar-refractivity contribution is -0.156. The van der Waals surface area contributed by atoms with Crippen molar-refractivity contribution < 1.29 is 29.0 Å². The van der Waals surface area contributed by atoms with E-state index in [4.69, 9.17) is 9.47 Å². The average Bonchev–Trinajstić information content (AvgIpc) is 3.34. The number of alkyl halides is 1. The van der Waals surface area contributed by atoms with Gasteiger partial charge >= 0.3 is 5.97 Å². The molecule has 3 rings (SSSR count). The highest BCUT2D eigenvalue weighted by atomic mass is 79.9. The Kier molecular flexibility index (Phi) is 7.72. The summed E-state index contributed by atoms with van der Waals surface area (Å²) in [5.74, 6) is -2.63. The van der Waals surface area contributed by atoms with Gasteiger partial charge in [-0.25, -0.2) is 0 Å². The van der Waals surface area contributed by atoms with Crippen LogP contribution in [-0.4, -0.2) is 87.1 Å². The quantitative estimate of drug-likeness (QED) is 0.271. The number of fused-ring (bicyclic) bond motifs is 1. The highest BCUT2D eigenvalue weighted by molar-refractivity contribution is 9.09. The standard InChI is InChI=1S/C23H35BrN2O6/c1-6-9-13(4)25(10-7-2)21(29)19-23-11-15(24)18(32-23)16(22(30)31-8-3)17(23)20(28)26(19)14(5)12-27/h7,13-19,27H,2,6,8-12H2,1,3-5H3/t13?,14-,15?,16-,17+,18-,19?,23?/m1/s1. The number of halogens is 1. The number of aliphatic hydroxyl groups excluding tert-OH is 1. The van der Waals surface area contributed by atoms with Crippen LogP contribution < -0.4 is 0 Å².